The molecule has 0 amide bonds. The summed E-state index contributed by atoms with van der Waals surface area (Å²) in [6.45, 7) is 2.85. The molecule has 0 radical (unpaired) electrons. The first-order valence-electron chi connectivity index (χ1n) is 8.08. The van der Waals surface area contributed by atoms with Crippen LogP contribution in [-0.4, -0.2) is 34.8 Å². The van der Waals surface area contributed by atoms with Gasteiger partial charge < -0.3 is 19.4 Å². The minimum Gasteiger partial charge on any atom is -0.481 e. The largest absolute Gasteiger partial charge is 0.481 e. The first-order valence-corrected chi connectivity index (χ1v) is 8.08. The molecule has 0 saturated carbocycles. The number of imidazole rings is 1. The van der Waals surface area contributed by atoms with Crippen LogP contribution in [0.2, 0.25) is 0 Å². The van der Waals surface area contributed by atoms with E-state index in [9.17, 15) is 0 Å². The minimum atomic E-state index is 0.243. The van der Waals surface area contributed by atoms with Crippen molar-refractivity contribution in [2.24, 2.45) is 0 Å². The molecular weight excluding hydrogens is 304 g/mol. The summed E-state index contributed by atoms with van der Waals surface area (Å²) in [5, 5.41) is 3.49. The molecule has 3 heterocycles. The van der Waals surface area contributed by atoms with Gasteiger partial charge in [-0.2, -0.15) is 0 Å². The standard InChI is InChI=1S/C18H20N4O2/c1-23-18-7-6-13(9-20-18)8-19-10-14-11-24-12-17-21-15-4-2-3-5-16(15)22(14)17/h2-7,9,14,19H,8,10-12H2,1H3. The van der Waals surface area contributed by atoms with Crippen LogP contribution in [0.4, 0.5) is 0 Å². The Kier molecular flexibility index (Phi) is 4.15. The van der Waals surface area contributed by atoms with E-state index in [4.69, 9.17) is 9.47 Å². The minimum absolute atomic E-state index is 0.243. The number of fused-ring (bicyclic) bond motifs is 3. The van der Waals surface area contributed by atoms with Crippen molar-refractivity contribution in [3.8, 4) is 5.88 Å². The van der Waals surface area contributed by atoms with Crippen molar-refractivity contribution in [2.75, 3.05) is 20.3 Å². The predicted molar refractivity (Wildman–Crippen MR) is 90.9 cm³/mol. The average molecular weight is 324 g/mol. The van der Waals surface area contributed by atoms with E-state index in [2.05, 4.69) is 32.0 Å². The van der Waals surface area contributed by atoms with Crippen LogP contribution in [-0.2, 0) is 17.9 Å². The van der Waals surface area contributed by atoms with E-state index in [1.807, 2.05) is 30.5 Å². The second-order valence-corrected chi connectivity index (χ2v) is 5.90. The zero-order valence-electron chi connectivity index (χ0n) is 13.6. The number of aromatic nitrogens is 3. The van der Waals surface area contributed by atoms with E-state index in [1.165, 1.54) is 5.52 Å². The highest BCUT2D eigenvalue weighted by molar-refractivity contribution is 5.76. The average Bonchev–Trinajstić information content (AvgIpc) is 3.02. The SMILES string of the molecule is COc1ccc(CNCC2COCc3nc4ccccc4n32)cn1. The van der Waals surface area contributed by atoms with Crippen LogP contribution in [0, 0.1) is 0 Å². The van der Waals surface area contributed by atoms with E-state index < -0.39 is 0 Å². The first-order chi connectivity index (χ1) is 11.8. The first kappa shape index (κ1) is 15.1. The zero-order chi connectivity index (χ0) is 16.4. The van der Waals surface area contributed by atoms with Crippen LogP contribution in [0.1, 0.15) is 17.4 Å². The molecule has 6 heteroatoms. The van der Waals surface area contributed by atoms with Crippen molar-refractivity contribution in [2.45, 2.75) is 19.2 Å². The van der Waals surface area contributed by atoms with Gasteiger partial charge in [0.2, 0.25) is 5.88 Å². The molecule has 0 spiro atoms. The topological polar surface area (TPSA) is 61.2 Å². The number of hydrogen-bond donors (Lipinski definition) is 1. The van der Waals surface area contributed by atoms with E-state index in [-0.39, 0.29) is 6.04 Å². The summed E-state index contributed by atoms with van der Waals surface area (Å²) in [6.07, 6.45) is 1.83. The number of nitrogens with one attached hydrogen (secondary N) is 1. The Bertz CT molecular complexity index is 829. The lowest BCUT2D eigenvalue weighted by atomic mass is 10.2. The lowest BCUT2D eigenvalue weighted by Crippen LogP contribution is -2.32. The molecule has 3 aromatic rings. The van der Waals surface area contributed by atoms with Crippen LogP contribution in [0.15, 0.2) is 42.6 Å². The number of methoxy groups -OCH3 is 1. The molecule has 2 aromatic heterocycles. The lowest BCUT2D eigenvalue weighted by molar-refractivity contribution is 0.0564. The highest BCUT2D eigenvalue weighted by Gasteiger charge is 2.23. The van der Waals surface area contributed by atoms with Crippen molar-refractivity contribution in [1.82, 2.24) is 19.9 Å². The van der Waals surface area contributed by atoms with Crippen molar-refractivity contribution < 1.29 is 9.47 Å². The van der Waals surface area contributed by atoms with Gasteiger partial charge in [0.05, 0.1) is 30.8 Å². The van der Waals surface area contributed by atoms with Crippen molar-refractivity contribution >= 4 is 11.0 Å². The number of para-hydroxylation sites is 2. The van der Waals surface area contributed by atoms with Crippen LogP contribution in [0.5, 0.6) is 5.88 Å². The van der Waals surface area contributed by atoms with Crippen LogP contribution < -0.4 is 10.1 Å². The Morgan fingerprint density at radius 2 is 2.21 bits per heavy atom. The lowest BCUT2D eigenvalue weighted by Gasteiger charge is -2.26. The molecule has 1 N–H and O–H groups in total. The predicted octanol–water partition coefficient (Wildman–Crippen LogP) is 2.30. The van der Waals surface area contributed by atoms with Crippen LogP contribution in [0.3, 0.4) is 0 Å². The van der Waals surface area contributed by atoms with Gasteiger partial charge in [0.15, 0.2) is 0 Å². The molecule has 0 bridgehead atoms. The number of pyridine rings is 1. The van der Waals surface area contributed by atoms with E-state index in [1.54, 1.807) is 7.11 Å². The Morgan fingerprint density at radius 1 is 1.29 bits per heavy atom. The smallest absolute Gasteiger partial charge is 0.212 e. The number of benzene rings is 1. The maximum atomic E-state index is 5.72. The van der Waals surface area contributed by atoms with E-state index >= 15 is 0 Å². The van der Waals surface area contributed by atoms with Crippen molar-refractivity contribution in [3.05, 3.63) is 54.0 Å². The highest BCUT2D eigenvalue weighted by Crippen LogP contribution is 2.25. The van der Waals surface area contributed by atoms with Gasteiger partial charge in [0.25, 0.3) is 0 Å². The third-order valence-electron chi connectivity index (χ3n) is 4.29. The summed E-state index contributed by atoms with van der Waals surface area (Å²) >= 11 is 0. The van der Waals surface area contributed by atoms with Gasteiger partial charge in [0.1, 0.15) is 12.4 Å². The Labute approximate surface area is 140 Å². The molecule has 1 aliphatic rings. The van der Waals surface area contributed by atoms with Crippen LogP contribution >= 0.6 is 0 Å². The Hall–Kier alpha value is -2.44. The van der Waals surface area contributed by atoms with Crippen molar-refractivity contribution in [1.29, 1.82) is 0 Å². The molecule has 24 heavy (non-hydrogen) atoms. The number of hydrogen-bond acceptors (Lipinski definition) is 5. The molecular formula is C18H20N4O2. The van der Waals surface area contributed by atoms with Gasteiger partial charge in [-0.3, -0.25) is 0 Å². The van der Waals surface area contributed by atoms with E-state index in [0.29, 0.717) is 19.1 Å². The molecule has 0 aliphatic carbocycles. The maximum Gasteiger partial charge on any atom is 0.212 e. The van der Waals surface area contributed by atoms with Gasteiger partial charge in [-0.05, 0) is 17.7 Å². The molecule has 1 aromatic carbocycles. The number of nitrogens with zero attached hydrogens (tertiary/aromatic N) is 3. The maximum absolute atomic E-state index is 5.72. The fourth-order valence-electron chi connectivity index (χ4n) is 3.13. The normalized spacial score (nSPS) is 17.0. The van der Waals surface area contributed by atoms with Gasteiger partial charge in [0, 0.05) is 25.4 Å². The Balaban J connectivity index is 1.46. The van der Waals surface area contributed by atoms with Crippen molar-refractivity contribution in [3.63, 3.8) is 0 Å². The fourth-order valence-corrected chi connectivity index (χ4v) is 3.13. The fraction of sp³-hybridized carbons (Fsp3) is 0.333. The summed E-state index contributed by atoms with van der Waals surface area (Å²) < 4.78 is 13.1. The van der Waals surface area contributed by atoms with E-state index in [0.717, 1.165) is 30.0 Å². The highest BCUT2D eigenvalue weighted by atomic mass is 16.5. The molecule has 0 saturated heterocycles. The quantitative estimate of drug-likeness (QED) is 0.780. The third-order valence-corrected chi connectivity index (χ3v) is 4.29. The van der Waals surface area contributed by atoms with Gasteiger partial charge in [-0.25, -0.2) is 9.97 Å². The van der Waals surface area contributed by atoms with Gasteiger partial charge in [-0.1, -0.05) is 18.2 Å². The molecule has 0 fully saturated rings. The summed E-state index contributed by atoms with van der Waals surface area (Å²) in [7, 11) is 1.62. The third kappa shape index (κ3) is 2.86. The second kappa shape index (κ2) is 6.59. The summed E-state index contributed by atoms with van der Waals surface area (Å²) in [5.74, 6) is 1.63. The molecule has 1 unspecified atom stereocenters. The molecule has 124 valence electrons. The monoisotopic (exact) mass is 324 g/mol. The summed E-state index contributed by atoms with van der Waals surface area (Å²) in [4.78, 5) is 8.90. The molecule has 6 nitrogen and oxygen atoms in total. The second-order valence-electron chi connectivity index (χ2n) is 5.90. The summed E-state index contributed by atoms with van der Waals surface area (Å²) in [5.41, 5.74) is 3.33. The van der Waals surface area contributed by atoms with Gasteiger partial charge in [-0.15, -0.1) is 0 Å². The van der Waals surface area contributed by atoms with Crippen LogP contribution in [0.25, 0.3) is 11.0 Å². The summed E-state index contributed by atoms with van der Waals surface area (Å²) in [6, 6.07) is 12.4. The Morgan fingerprint density at radius 3 is 3.04 bits per heavy atom. The number of rotatable bonds is 5. The zero-order valence-corrected chi connectivity index (χ0v) is 13.6. The molecule has 1 aliphatic heterocycles. The van der Waals surface area contributed by atoms with Gasteiger partial charge >= 0.3 is 0 Å². The molecule has 4 rings (SSSR count). The number of ether oxygens (including phenoxy) is 2. The molecule has 1 atom stereocenters.